The van der Waals surface area contributed by atoms with Gasteiger partial charge in [-0.2, -0.15) is 0 Å². The second-order valence-corrected chi connectivity index (χ2v) is 3.98. The Kier molecular flexibility index (Phi) is 6.36. The molecule has 108 valence electrons. The van der Waals surface area contributed by atoms with Gasteiger partial charge >= 0.3 is 5.97 Å². The molecule has 0 saturated heterocycles. The summed E-state index contributed by atoms with van der Waals surface area (Å²) < 4.78 is 17.1. The molecule has 1 rings (SSSR count). The molecule has 0 aliphatic heterocycles. The second-order valence-electron chi connectivity index (χ2n) is 3.98. The number of carbonyl (C=O) groups is 3. The third-order valence-electron chi connectivity index (χ3n) is 2.59. The van der Waals surface area contributed by atoms with Crippen molar-refractivity contribution in [2.45, 2.75) is 6.92 Å². The van der Waals surface area contributed by atoms with Gasteiger partial charge in [0.2, 0.25) is 0 Å². The van der Waals surface area contributed by atoms with Gasteiger partial charge in [0.05, 0.1) is 6.61 Å². The molecule has 0 aromatic heterocycles. The summed E-state index contributed by atoms with van der Waals surface area (Å²) in [6.45, 7) is 0.110. The molecule has 1 aromatic carbocycles. The van der Waals surface area contributed by atoms with Crippen molar-refractivity contribution in [3.8, 4) is 0 Å². The van der Waals surface area contributed by atoms with Crippen LogP contribution in [-0.2, 0) is 14.3 Å². The second kappa shape index (κ2) is 8.04. The summed E-state index contributed by atoms with van der Waals surface area (Å²) in [7, 11) is 0. The number of hydrogen-bond donors (Lipinski definition) is 1. The fourth-order valence-corrected chi connectivity index (χ4v) is 1.55. The predicted octanol–water partition coefficient (Wildman–Crippen LogP) is 1.13. The number of Topliss-reactive ketones (excluding diaryl/α,β-unsaturated/α-hetero) is 1. The van der Waals surface area contributed by atoms with Crippen LogP contribution in [0.4, 0.5) is 4.39 Å². The van der Waals surface area contributed by atoms with E-state index in [9.17, 15) is 18.8 Å². The largest absolute Gasteiger partial charge is 0.465 e. The quantitative estimate of drug-likeness (QED) is 0.601. The molecule has 20 heavy (non-hydrogen) atoms. The standard InChI is InChI=1S/C14H16FNO4/c1-2-20-14(19)11(12(17)8-15)9-16-13(18)10-6-4-3-5-7-10/h3-7,11H,2,8-9H2,1H3,(H,16,18). The normalized spacial score (nSPS) is 11.5. The predicted molar refractivity (Wildman–Crippen MR) is 69.9 cm³/mol. The van der Waals surface area contributed by atoms with Crippen molar-refractivity contribution in [2.24, 2.45) is 5.92 Å². The Labute approximate surface area is 116 Å². The minimum absolute atomic E-state index is 0.0849. The van der Waals surface area contributed by atoms with Crippen molar-refractivity contribution in [2.75, 3.05) is 19.8 Å². The minimum atomic E-state index is -1.31. The number of rotatable bonds is 7. The van der Waals surface area contributed by atoms with Gasteiger partial charge in [-0.05, 0) is 19.1 Å². The molecule has 5 nitrogen and oxygen atoms in total. The highest BCUT2D eigenvalue weighted by molar-refractivity contribution is 6.01. The summed E-state index contributed by atoms with van der Waals surface area (Å²) in [4.78, 5) is 34.7. The average molecular weight is 281 g/mol. The van der Waals surface area contributed by atoms with E-state index in [1.165, 1.54) is 0 Å². The van der Waals surface area contributed by atoms with Crippen LogP contribution in [0.25, 0.3) is 0 Å². The lowest BCUT2D eigenvalue weighted by Crippen LogP contribution is -2.39. The number of amides is 1. The zero-order valence-corrected chi connectivity index (χ0v) is 11.1. The zero-order chi connectivity index (χ0) is 15.0. The lowest BCUT2D eigenvalue weighted by molar-refractivity contribution is -0.151. The number of ether oxygens (including phenoxy) is 1. The van der Waals surface area contributed by atoms with Crippen molar-refractivity contribution in [3.05, 3.63) is 35.9 Å². The van der Waals surface area contributed by atoms with Gasteiger partial charge in [-0.1, -0.05) is 18.2 Å². The highest BCUT2D eigenvalue weighted by Gasteiger charge is 2.28. The fraction of sp³-hybridized carbons (Fsp3) is 0.357. The van der Waals surface area contributed by atoms with Gasteiger partial charge in [0, 0.05) is 12.1 Å². The molecule has 0 bridgehead atoms. The fourth-order valence-electron chi connectivity index (χ4n) is 1.55. The van der Waals surface area contributed by atoms with Crippen LogP contribution in [0.2, 0.25) is 0 Å². The van der Waals surface area contributed by atoms with Gasteiger partial charge in [0.1, 0.15) is 12.6 Å². The molecule has 0 fully saturated rings. The average Bonchev–Trinajstić information content (AvgIpc) is 2.48. The van der Waals surface area contributed by atoms with Crippen LogP contribution in [-0.4, -0.2) is 37.5 Å². The maximum atomic E-state index is 12.4. The van der Waals surface area contributed by atoms with E-state index in [2.05, 4.69) is 10.1 Å². The molecular weight excluding hydrogens is 265 g/mol. The Hall–Kier alpha value is -2.24. The number of hydrogen-bond acceptors (Lipinski definition) is 4. The van der Waals surface area contributed by atoms with E-state index in [0.29, 0.717) is 5.56 Å². The summed E-state index contributed by atoms with van der Waals surface area (Å²) in [6, 6.07) is 8.30. The van der Waals surface area contributed by atoms with Crippen LogP contribution >= 0.6 is 0 Å². The topological polar surface area (TPSA) is 72.5 Å². The van der Waals surface area contributed by atoms with E-state index in [0.717, 1.165) is 0 Å². The van der Waals surface area contributed by atoms with Crippen molar-refractivity contribution in [3.63, 3.8) is 0 Å². The number of alkyl halides is 1. The third-order valence-corrected chi connectivity index (χ3v) is 2.59. The van der Waals surface area contributed by atoms with Gasteiger partial charge in [-0.3, -0.25) is 14.4 Å². The van der Waals surface area contributed by atoms with Crippen molar-refractivity contribution in [1.82, 2.24) is 5.32 Å². The first-order chi connectivity index (χ1) is 9.60. The molecule has 1 atom stereocenters. The lowest BCUT2D eigenvalue weighted by Gasteiger charge is -2.13. The van der Waals surface area contributed by atoms with Gasteiger partial charge in [0.25, 0.3) is 5.91 Å². The molecule has 0 aliphatic rings. The first kappa shape index (κ1) is 15.8. The smallest absolute Gasteiger partial charge is 0.318 e. The van der Waals surface area contributed by atoms with Gasteiger partial charge < -0.3 is 10.1 Å². The van der Waals surface area contributed by atoms with Crippen LogP contribution in [0.3, 0.4) is 0 Å². The van der Waals surface area contributed by atoms with Gasteiger partial charge in [-0.15, -0.1) is 0 Å². The van der Waals surface area contributed by atoms with E-state index >= 15 is 0 Å². The molecule has 1 amide bonds. The molecule has 0 saturated carbocycles. The van der Waals surface area contributed by atoms with Gasteiger partial charge in [-0.25, -0.2) is 4.39 Å². The molecule has 0 heterocycles. The van der Waals surface area contributed by atoms with Crippen LogP contribution in [0.5, 0.6) is 0 Å². The van der Waals surface area contributed by atoms with E-state index in [1.807, 2.05) is 0 Å². The van der Waals surface area contributed by atoms with Gasteiger partial charge in [0.15, 0.2) is 5.78 Å². The molecular formula is C14H16FNO4. The van der Waals surface area contributed by atoms with Crippen LogP contribution in [0.15, 0.2) is 30.3 Å². The number of carbonyl (C=O) groups excluding carboxylic acids is 3. The molecule has 1 unspecified atom stereocenters. The van der Waals surface area contributed by atoms with E-state index in [1.54, 1.807) is 37.3 Å². The highest BCUT2D eigenvalue weighted by Crippen LogP contribution is 2.04. The van der Waals surface area contributed by atoms with Crippen molar-refractivity contribution >= 4 is 17.7 Å². The summed E-state index contributed by atoms with van der Waals surface area (Å²) in [5.74, 6) is -3.49. The molecule has 6 heteroatoms. The molecule has 0 spiro atoms. The lowest BCUT2D eigenvalue weighted by atomic mass is 10.1. The van der Waals surface area contributed by atoms with Crippen molar-refractivity contribution in [1.29, 1.82) is 0 Å². The Morgan fingerprint density at radius 3 is 2.45 bits per heavy atom. The maximum Gasteiger partial charge on any atom is 0.318 e. The molecule has 0 aliphatic carbocycles. The number of esters is 1. The summed E-state index contributed by atoms with van der Waals surface area (Å²) in [5, 5.41) is 2.43. The van der Waals surface area contributed by atoms with E-state index in [-0.39, 0.29) is 13.2 Å². The Morgan fingerprint density at radius 1 is 1.25 bits per heavy atom. The first-order valence-electron chi connectivity index (χ1n) is 6.18. The maximum absolute atomic E-state index is 12.4. The Balaban J connectivity index is 2.65. The van der Waals surface area contributed by atoms with Crippen LogP contribution in [0.1, 0.15) is 17.3 Å². The number of benzene rings is 1. The van der Waals surface area contributed by atoms with Crippen LogP contribution < -0.4 is 5.32 Å². The van der Waals surface area contributed by atoms with Crippen LogP contribution in [0, 0.1) is 5.92 Å². The first-order valence-corrected chi connectivity index (χ1v) is 6.18. The number of nitrogens with one attached hydrogen (secondary N) is 1. The highest BCUT2D eigenvalue weighted by atomic mass is 19.1. The molecule has 1 aromatic rings. The SMILES string of the molecule is CCOC(=O)C(CNC(=O)c1ccccc1)C(=O)CF. The molecule has 1 N–H and O–H groups in total. The Morgan fingerprint density at radius 2 is 1.90 bits per heavy atom. The molecule has 0 radical (unpaired) electrons. The van der Waals surface area contributed by atoms with Crippen molar-refractivity contribution < 1.29 is 23.5 Å². The summed E-state index contributed by atoms with van der Waals surface area (Å²) in [5.41, 5.74) is 0.391. The summed E-state index contributed by atoms with van der Waals surface area (Å²) in [6.07, 6.45) is 0. The van der Waals surface area contributed by atoms with E-state index < -0.39 is 30.3 Å². The Bertz CT molecular complexity index is 475. The third kappa shape index (κ3) is 4.46. The number of halogens is 1. The van der Waals surface area contributed by atoms with E-state index in [4.69, 9.17) is 0 Å². The monoisotopic (exact) mass is 281 g/mol. The minimum Gasteiger partial charge on any atom is -0.465 e. The zero-order valence-electron chi connectivity index (χ0n) is 11.1. The summed E-state index contributed by atoms with van der Waals surface area (Å²) >= 11 is 0. The number of ketones is 1.